The minimum absolute atomic E-state index is 0.0993. The third-order valence-electron chi connectivity index (χ3n) is 7.12. The van der Waals surface area contributed by atoms with Crippen LogP contribution in [0.15, 0.2) is 18.7 Å². The molecule has 4 rings (SSSR count). The Kier molecular flexibility index (Phi) is 4.86. The molecule has 1 amide bonds. The van der Waals surface area contributed by atoms with Crippen molar-refractivity contribution < 1.29 is 39.3 Å². The molecule has 11 heteroatoms. The summed E-state index contributed by atoms with van der Waals surface area (Å²) in [5.74, 6) is -13.6. The highest BCUT2D eigenvalue weighted by Crippen LogP contribution is 2.54. The molecular weight excluding hydrogens is 434 g/mol. The number of likely N-dealkylation sites (N-methyl/N-ethyl adjacent to an activating group) is 1. The van der Waals surface area contributed by atoms with Crippen LogP contribution in [0.1, 0.15) is 15.9 Å². The lowest BCUT2D eigenvalue weighted by Gasteiger charge is -2.55. The number of hydrogen-bond acceptors (Lipinski definition) is 10. The van der Waals surface area contributed by atoms with Crippen molar-refractivity contribution in [2.45, 2.75) is 17.7 Å². The Bertz CT molecular complexity index is 1170. The lowest BCUT2D eigenvalue weighted by Crippen LogP contribution is -2.77. The number of nitrogens with zero attached hydrogens (tertiary/aromatic N) is 1. The number of ketones is 4. The minimum atomic E-state index is -3.05. The zero-order chi connectivity index (χ0) is 24.7. The van der Waals surface area contributed by atoms with Crippen molar-refractivity contribution in [3.8, 4) is 5.75 Å². The highest BCUT2D eigenvalue weighted by atomic mass is 16.3. The second-order valence-electron chi connectivity index (χ2n) is 8.98. The molecule has 0 radical (unpaired) electrons. The fourth-order valence-corrected chi connectivity index (χ4v) is 5.62. The van der Waals surface area contributed by atoms with Crippen LogP contribution in [0, 0.1) is 23.7 Å². The first-order valence-electron chi connectivity index (χ1n) is 10.1. The molecule has 1 aromatic carbocycles. The number of aromatic hydroxyl groups is 1. The van der Waals surface area contributed by atoms with Crippen molar-refractivity contribution in [3.05, 3.63) is 29.8 Å². The van der Waals surface area contributed by atoms with E-state index < -0.39 is 76.2 Å². The number of fused-ring (bicyclic) bond motifs is 3. The second-order valence-corrected chi connectivity index (χ2v) is 8.98. The SMILES string of the molecule is C=C1c2ccc(N)c(O)c2C(=O)C2C(=O)C3(O)C(=O)C(C(N)=O)C(=O)C(N(C)C)C3C(O)C12. The van der Waals surface area contributed by atoms with Crippen molar-refractivity contribution in [2.75, 3.05) is 19.8 Å². The van der Waals surface area contributed by atoms with Gasteiger partial charge in [0.2, 0.25) is 5.91 Å². The van der Waals surface area contributed by atoms with Gasteiger partial charge in [0.15, 0.2) is 34.7 Å². The zero-order valence-electron chi connectivity index (χ0n) is 17.8. The van der Waals surface area contributed by atoms with Crippen molar-refractivity contribution in [1.82, 2.24) is 4.90 Å². The Balaban J connectivity index is 1.98. The van der Waals surface area contributed by atoms with Gasteiger partial charge in [0.05, 0.1) is 35.2 Å². The molecule has 7 atom stereocenters. The van der Waals surface area contributed by atoms with Gasteiger partial charge in [-0.2, -0.15) is 0 Å². The van der Waals surface area contributed by atoms with E-state index in [1.54, 1.807) is 0 Å². The molecule has 3 aliphatic carbocycles. The van der Waals surface area contributed by atoms with Gasteiger partial charge in [0.1, 0.15) is 5.75 Å². The number of aliphatic hydroxyl groups excluding tert-OH is 1. The monoisotopic (exact) mass is 457 g/mol. The minimum Gasteiger partial charge on any atom is -0.505 e. The predicted molar refractivity (Wildman–Crippen MR) is 112 cm³/mol. The molecule has 2 fully saturated rings. The number of benzene rings is 1. The summed E-state index contributed by atoms with van der Waals surface area (Å²) in [6.07, 6.45) is -1.75. The topological polar surface area (TPSA) is 201 Å². The summed E-state index contributed by atoms with van der Waals surface area (Å²) in [5.41, 5.74) is 7.66. The number of carbonyl (C=O) groups is 5. The summed E-state index contributed by atoms with van der Waals surface area (Å²) < 4.78 is 0. The summed E-state index contributed by atoms with van der Waals surface area (Å²) in [4.78, 5) is 66.4. The summed E-state index contributed by atoms with van der Waals surface area (Å²) in [7, 11) is 2.83. The number of nitrogen functional groups attached to an aromatic ring is 1. The first kappa shape index (κ1) is 22.8. The Labute approximate surface area is 187 Å². The third kappa shape index (κ3) is 2.63. The molecule has 7 unspecified atom stereocenters. The molecular formula is C22H23N3O8. The predicted octanol–water partition coefficient (Wildman–Crippen LogP) is -2.11. The second kappa shape index (κ2) is 7.04. The molecule has 7 N–H and O–H groups in total. The Hall–Kier alpha value is -3.41. The molecule has 1 aromatic rings. The van der Waals surface area contributed by atoms with Crippen LogP contribution < -0.4 is 11.5 Å². The number of hydrogen-bond donors (Lipinski definition) is 5. The van der Waals surface area contributed by atoms with Crippen LogP contribution in [-0.2, 0) is 19.2 Å². The number of amides is 1. The van der Waals surface area contributed by atoms with Crippen LogP contribution in [-0.4, -0.2) is 81.1 Å². The number of phenolic OH excluding ortho intramolecular Hbond substituents is 1. The average Bonchev–Trinajstić information content (AvgIpc) is 2.72. The standard InChI is InChI=1S/C22H23N3O8/c1-6-7-4-5-8(23)15(26)10(7)16(27)11-9(6)17(28)13-14(25(2)3)18(29)12(21(24)32)20(31)22(13,33)19(11)30/h4-5,9,11-14,17,26,28,33H,1,23H2,2-3H3,(H2,24,32). The maximum absolute atomic E-state index is 13.6. The van der Waals surface area contributed by atoms with Gasteiger partial charge in [-0.1, -0.05) is 12.6 Å². The first-order valence-corrected chi connectivity index (χ1v) is 10.1. The van der Waals surface area contributed by atoms with Crippen LogP contribution in [0.5, 0.6) is 5.75 Å². The third-order valence-corrected chi connectivity index (χ3v) is 7.12. The molecule has 33 heavy (non-hydrogen) atoms. The fourth-order valence-electron chi connectivity index (χ4n) is 5.62. The van der Waals surface area contributed by atoms with Crippen LogP contribution in [0.25, 0.3) is 5.57 Å². The number of primary amides is 1. The molecule has 0 aromatic heterocycles. The van der Waals surface area contributed by atoms with Crippen molar-refractivity contribution >= 4 is 40.3 Å². The fraction of sp³-hybridized carbons (Fsp3) is 0.409. The lowest BCUT2D eigenvalue weighted by molar-refractivity contribution is -0.192. The van der Waals surface area contributed by atoms with E-state index in [9.17, 15) is 39.3 Å². The largest absolute Gasteiger partial charge is 0.505 e. The molecule has 0 heterocycles. The van der Waals surface area contributed by atoms with Crippen LogP contribution in [0.2, 0.25) is 0 Å². The van der Waals surface area contributed by atoms with E-state index in [4.69, 9.17) is 11.5 Å². The first-order chi connectivity index (χ1) is 15.3. The quantitative estimate of drug-likeness (QED) is 0.186. The van der Waals surface area contributed by atoms with Crippen molar-refractivity contribution in [2.24, 2.45) is 29.4 Å². The summed E-state index contributed by atoms with van der Waals surface area (Å²) in [5, 5.41) is 33.2. The maximum Gasteiger partial charge on any atom is 0.235 e. The van der Waals surface area contributed by atoms with Crippen molar-refractivity contribution in [3.63, 3.8) is 0 Å². The zero-order valence-corrected chi connectivity index (χ0v) is 17.8. The van der Waals surface area contributed by atoms with E-state index in [-0.39, 0.29) is 22.4 Å². The maximum atomic E-state index is 13.6. The van der Waals surface area contributed by atoms with Gasteiger partial charge in [-0.15, -0.1) is 0 Å². The van der Waals surface area contributed by atoms with Crippen LogP contribution in [0.4, 0.5) is 5.69 Å². The smallest absolute Gasteiger partial charge is 0.235 e. The molecule has 0 spiro atoms. The van der Waals surface area contributed by atoms with Gasteiger partial charge in [0, 0.05) is 5.92 Å². The number of anilines is 1. The highest BCUT2D eigenvalue weighted by molar-refractivity contribution is 6.33. The van der Waals surface area contributed by atoms with E-state index in [0.717, 1.165) is 0 Å². The Morgan fingerprint density at radius 3 is 2.30 bits per heavy atom. The molecule has 0 saturated heterocycles. The molecule has 3 aliphatic rings. The number of aliphatic hydroxyl groups is 2. The Morgan fingerprint density at radius 1 is 1.15 bits per heavy atom. The number of rotatable bonds is 2. The molecule has 2 saturated carbocycles. The van der Waals surface area contributed by atoms with Gasteiger partial charge in [-0.05, 0) is 31.3 Å². The highest BCUT2D eigenvalue weighted by Gasteiger charge is 2.72. The number of Topliss-reactive ketones (excluding diaryl/α,β-unsaturated/α-hetero) is 4. The molecule has 11 nitrogen and oxygen atoms in total. The van der Waals surface area contributed by atoms with E-state index in [1.807, 2.05) is 0 Å². The summed E-state index contributed by atoms with van der Waals surface area (Å²) in [6, 6.07) is 1.30. The average molecular weight is 457 g/mol. The van der Waals surface area contributed by atoms with E-state index in [2.05, 4.69) is 6.58 Å². The number of nitrogens with two attached hydrogens (primary N) is 2. The van der Waals surface area contributed by atoms with Gasteiger partial charge < -0.3 is 26.8 Å². The van der Waals surface area contributed by atoms with Crippen LogP contribution in [0.3, 0.4) is 0 Å². The molecule has 0 aliphatic heterocycles. The van der Waals surface area contributed by atoms with Crippen molar-refractivity contribution in [1.29, 1.82) is 0 Å². The summed E-state index contributed by atoms with van der Waals surface area (Å²) >= 11 is 0. The van der Waals surface area contributed by atoms with Gasteiger partial charge in [0.25, 0.3) is 0 Å². The normalized spacial score (nSPS) is 35.8. The van der Waals surface area contributed by atoms with Crippen LogP contribution >= 0.6 is 0 Å². The lowest BCUT2D eigenvalue weighted by atomic mass is 9.50. The molecule has 174 valence electrons. The van der Waals surface area contributed by atoms with E-state index >= 15 is 0 Å². The number of carbonyl (C=O) groups excluding carboxylic acids is 5. The van der Waals surface area contributed by atoms with E-state index in [1.165, 1.54) is 31.1 Å². The van der Waals surface area contributed by atoms with Gasteiger partial charge >= 0.3 is 0 Å². The summed E-state index contributed by atoms with van der Waals surface area (Å²) in [6.45, 7) is 3.89. The van der Waals surface area contributed by atoms with Gasteiger partial charge in [-0.3, -0.25) is 28.9 Å². The van der Waals surface area contributed by atoms with Gasteiger partial charge in [-0.25, -0.2) is 0 Å². The number of phenols is 1. The Morgan fingerprint density at radius 2 is 1.76 bits per heavy atom. The van der Waals surface area contributed by atoms with E-state index in [0.29, 0.717) is 0 Å². The molecule has 0 bridgehead atoms.